The van der Waals surface area contributed by atoms with E-state index < -0.39 is 5.54 Å². The summed E-state index contributed by atoms with van der Waals surface area (Å²) in [7, 11) is 0. The first-order valence-electron chi connectivity index (χ1n) is 7.21. The van der Waals surface area contributed by atoms with Gasteiger partial charge in [0.1, 0.15) is 11.4 Å². The fourth-order valence-electron chi connectivity index (χ4n) is 2.45. The first-order valence-corrected chi connectivity index (χ1v) is 8.36. The van der Waals surface area contributed by atoms with Crippen LogP contribution in [0.15, 0.2) is 36.5 Å². The van der Waals surface area contributed by atoms with Crippen molar-refractivity contribution in [3.63, 3.8) is 0 Å². The number of rotatable bonds is 4. The Labute approximate surface area is 137 Å². The van der Waals surface area contributed by atoms with Gasteiger partial charge in [-0.1, -0.05) is 0 Å². The molecule has 0 bridgehead atoms. The van der Waals surface area contributed by atoms with Crippen LogP contribution >= 0.6 is 11.8 Å². The molecule has 3 rings (SSSR count). The Bertz CT molecular complexity index is 744. The summed E-state index contributed by atoms with van der Waals surface area (Å²) in [6.07, 6.45) is 2.51. The summed E-state index contributed by atoms with van der Waals surface area (Å²) >= 11 is 1.67. The van der Waals surface area contributed by atoms with Crippen molar-refractivity contribution in [2.45, 2.75) is 18.4 Å². The lowest BCUT2D eigenvalue weighted by molar-refractivity contribution is -0.121. The first-order chi connectivity index (χ1) is 11.1. The standard InChI is InChI=1S/C16H15FN4OS/c17-12-1-3-14(4-2-12)21-7-5-13(20-21)9-15(22)19-16(10-18)6-8-23-11-16/h1-5,7H,6,8-9,11H2,(H,19,22)/t16-/m0/s1. The van der Waals surface area contributed by atoms with Crippen molar-refractivity contribution in [1.29, 1.82) is 5.26 Å². The normalized spacial score (nSPS) is 20.2. The molecule has 1 aliphatic heterocycles. The second-order valence-corrected chi connectivity index (χ2v) is 6.55. The van der Waals surface area contributed by atoms with E-state index in [1.807, 2.05) is 0 Å². The van der Waals surface area contributed by atoms with Crippen molar-refractivity contribution in [2.75, 3.05) is 11.5 Å². The lowest BCUT2D eigenvalue weighted by Gasteiger charge is -2.20. The summed E-state index contributed by atoms with van der Waals surface area (Å²) < 4.78 is 14.5. The van der Waals surface area contributed by atoms with Crippen molar-refractivity contribution in [3.05, 3.63) is 48.0 Å². The number of nitrogens with zero attached hydrogens (tertiary/aromatic N) is 3. The zero-order valence-electron chi connectivity index (χ0n) is 12.3. The van der Waals surface area contributed by atoms with Crippen molar-refractivity contribution >= 4 is 17.7 Å². The average molecular weight is 330 g/mol. The number of benzene rings is 1. The molecule has 5 nitrogen and oxygen atoms in total. The molecule has 2 aromatic rings. The van der Waals surface area contributed by atoms with Gasteiger partial charge in [0.2, 0.25) is 5.91 Å². The molecule has 0 aliphatic carbocycles. The largest absolute Gasteiger partial charge is 0.337 e. The summed E-state index contributed by atoms with van der Waals surface area (Å²) in [5.74, 6) is 0.988. The van der Waals surface area contributed by atoms with Gasteiger partial charge in [0.15, 0.2) is 0 Å². The van der Waals surface area contributed by atoms with E-state index in [4.69, 9.17) is 0 Å². The van der Waals surface area contributed by atoms with Crippen LogP contribution in [0.4, 0.5) is 4.39 Å². The molecule has 0 unspecified atom stereocenters. The Hall–Kier alpha value is -2.33. The molecule has 1 atom stereocenters. The number of thioether (sulfide) groups is 1. The van der Waals surface area contributed by atoms with Crippen LogP contribution in [0.25, 0.3) is 5.69 Å². The predicted molar refractivity (Wildman–Crippen MR) is 85.7 cm³/mol. The molecule has 1 fully saturated rings. The van der Waals surface area contributed by atoms with Gasteiger partial charge in [-0.15, -0.1) is 0 Å². The van der Waals surface area contributed by atoms with Gasteiger partial charge < -0.3 is 5.32 Å². The van der Waals surface area contributed by atoms with Crippen molar-refractivity contribution in [2.24, 2.45) is 0 Å². The lowest BCUT2D eigenvalue weighted by atomic mass is 10.0. The average Bonchev–Trinajstić information content (AvgIpc) is 3.18. The summed E-state index contributed by atoms with van der Waals surface area (Å²) in [6, 6.07) is 9.91. The van der Waals surface area contributed by atoms with E-state index >= 15 is 0 Å². The zero-order chi connectivity index (χ0) is 16.3. The van der Waals surface area contributed by atoms with Crippen LogP contribution in [0.5, 0.6) is 0 Å². The minimum absolute atomic E-state index is 0.113. The van der Waals surface area contributed by atoms with E-state index in [1.165, 1.54) is 12.1 Å². The molecule has 0 saturated carbocycles. The van der Waals surface area contributed by atoms with Crippen LogP contribution in [0.1, 0.15) is 12.1 Å². The van der Waals surface area contributed by atoms with Gasteiger partial charge >= 0.3 is 0 Å². The maximum absolute atomic E-state index is 12.9. The second-order valence-electron chi connectivity index (χ2n) is 5.45. The predicted octanol–water partition coefficient (Wildman–Crippen LogP) is 2.07. The number of aromatic nitrogens is 2. The second kappa shape index (κ2) is 6.42. The monoisotopic (exact) mass is 330 g/mol. The van der Waals surface area contributed by atoms with Crippen LogP contribution in [0.2, 0.25) is 0 Å². The highest BCUT2D eigenvalue weighted by molar-refractivity contribution is 7.99. The van der Waals surface area contributed by atoms with Gasteiger partial charge in [-0.05, 0) is 42.5 Å². The number of halogens is 1. The first kappa shape index (κ1) is 15.6. The third kappa shape index (κ3) is 3.54. The fourth-order valence-corrected chi connectivity index (χ4v) is 3.72. The number of carbonyl (C=O) groups is 1. The maximum atomic E-state index is 12.9. The minimum atomic E-state index is -0.749. The Morgan fingerprint density at radius 3 is 2.87 bits per heavy atom. The molecule has 118 valence electrons. The van der Waals surface area contributed by atoms with Crippen LogP contribution in [-0.2, 0) is 11.2 Å². The molecule has 1 amide bonds. The number of hydrogen-bond donors (Lipinski definition) is 1. The van der Waals surface area contributed by atoms with Crippen molar-refractivity contribution in [3.8, 4) is 11.8 Å². The van der Waals surface area contributed by atoms with E-state index in [2.05, 4.69) is 16.5 Å². The molecule has 1 N–H and O–H groups in total. The molecule has 1 saturated heterocycles. The van der Waals surface area contributed by atoms with Crippen molar-refractivity contribution in [1.82, 2.24) is 15.1 Å². The van der Waals surface area contributed by atoms with Crippen LogP contribution in [-0.4, -0.2) is 32.7 Å². The molecule has 2 heterocycles. The van der Waals surface area contributed by atoms with E-state index in [0.717, 1.165) is 11.4 Å². The third-order valence-electron chi connectivity index (χ3n) is 3.69. The highest BCUT2D eigenvalue weighted by Gasteiger charge is 2.36. The summed E-state index contributed by atoms with van der Waals surface area (Å²) in [5.41, 5.74) is 0.575. The molecule has 1 aromatic carbocycles. The Morgan fingerprint density at radius 2 is 2.22 bits per heavy atom. The number of hydrogen-bond acceptors (Lipinski definition) is 4. The smallest absolute Gasteiger partial charge is 0.227 e. The van der Waals surface area contributed by atoms with E-state index in [1.54, 1.807) is 40.8 Å². The Morgan fingerprint density at radius 1 is 1.43 bits per heavy atom. The zero-order valence-corrected chi connectivity index (χ0v) is 13.1. The van der Waals surface area contributed by atoms with Gasteiger partial charge in [-0.2, -0.15) is 22.1 Å². The SMILES string of the molecule is N#C[C@@]1(NC(=O)Cc2ccn(-c3ccc(F)cc3)n2)CCSC1. The summed E-state index contributed by atoms with van der Waals surface area (Å²) in [5, 5.41) is 16.4. The lowest BCUT2D eigenvalue weighted by Crippen LogP contribution is -2.48. The van der Waals surface area contributed by atoms with E-state index in [9.17, 15) is 14.4 Å². The number of carbonyl (C=O) groups excluding carboxylic acids is 1. The molecule has 1 aliphatic rings. The Kier molecular flexibility index (Phi) is 4.35. The highest BCUT2D eigenvalue weighted by Crippen LogP contribution is 2.27. The van der Waals surface area contributed by atoms with E-state index in [0.29, 0.717) is 17.9 Å². The maximum Gasteiger partial charge on any atom is 0.227 e. The van der Waals surface area contributed by atoms with Gasteiger partial charge in [-0.3, -0.25) is 4.79 Å². The number of nitriles is 1. The molecule has 23 heavy (non-hydrogen) atoms. The minimum Gasteiger partial charge on any atom is -0.337 e. The molecular formula is C16H15FN4OS. The van der Waals surface area contributed by atoms with Crippen LogP contribution in [0, 0.1) is 17.1 Å². The third-order valence-corrected chi connectivity index (χ3v) is 4.88. The molecule has 1 aromatic heterocycles. The molecule has 0 spiro atoms. The number of amides is 1. The van der Waals surface area contributed by atoms with Crippen LogP contribution < -0.4 is 5.32 Å². The molecular weight excluding hydrogens is 315 g/mol. The van der Waals surface area contributed by atoms with Crippen molar-refractivity contribution < 1.29 is 9.18 Å². The molecule has 7 heteroatoms. The van der Waals surface area contributed by atoms with Gasteiger partial charge in [0, 0.05) is 11.9 Å². The van der Waals surface area contributed by atoms with E-state index in [-0.39, 0.29) is 18.1 Å². The van der Waals surface area contributed by atoms with Crippen LogP contribution in [0.3, 0.4) is 0 Å². The van der Waals surface area contributed by atoms with Gasteiger partial charge in [0.25, 0.3) is 0 Å². The quantitative estimate of drug-likeness (QED) is 0.932. The summed E-state index contributed by atoms with van der Waals surface area (Å²) in [6.45, 7) is 0. The summed E-state index contributed by atoms with van der Waals surface area (Å²) in [4.78, 5) is 12.2. The van der Waals surface area contributed by atoms with Gasteiger partial charge in [0.05, 0.1) is 23.9 Å². The number of nitrogens with one attached hydrogen (secondary N) is 1. The topological polar surface area (TPSA) is 70.7 Å². The fraction of sp³-hybridized carbons (Fsp3) is 0.312. The molecule has 0 radical (unpaired) electrons. The Balaban J connectivity index is 1.66. The highest BCUT2D eigenvalue weighted by atomic mass is 32.2. The van der Waals surface area contributed by atoms with Gasteiger partial charge in [-0.25, -0.2) is 9.07 Å².